The average Bonchev–Trinajstić information content (AvgIpc) is 3.23. The summed E-state index contributed by atoms with van der Waals surface area (Å²) in [6.45, 7) is 9.59. The van der Waals surface area contributed by atoms with Gasteiger partial charge in [-0.15, -0.1) is 11.3 Å². The number of aliphatic imine (C=N–C) groups is 1. The lowest BCUT2D eigenvalue weighted by molar-refractivity contribution is 0.218. The van der Waals surface area contributed by atoms with Gasteiger partial charge in [0.25, 0.3) is 0 Å². The highest BCUT2D eigenvalue weighted by Gasteiger charge is 2.32. The van der Waals surface area contributed by atoms with E-state index in [0.717, 1.165) is 41.0 Å². The molecule has 0 N–H and O–H groups in total. The van der Waals surface area contributed by atoms with Crippen LogP contribution in [-0.2, 0) is 19.4 Å². The largest absolute Gasteiger partial charge is 0.490 e. The van der Waals surface area contributed by atoms with Crippen LogP contribution in [-0.4, -0.2) is 12.8 Å². The van der Waals surface area contributed by atoms with Gasteiger partial charge < -0.3 is 9.47 Å². The molecule has 0 saturated heterocycles. The van der Waals surface area contributed by atoms with Crippen LogP contribution in [0.5, 0.6) is 11.5 Å². The van der Waals surface area contributed by atoms with Gasteiger partial charge in [0.1, 0.15) is 17.7 Å². The summed E-state index contributed by atoms with van der Waals surface area (Å²) in [7, 11) is 0. The molecule has 1 atom stereocenters. The highest BCUT2D eigenvalue weighted by molar-refractivity contribution is 7.16. The Morgan fingerprint density at radius 3 is 2.61 bits per heavy atom. The Morgan fingerprint density at radius 1 is 1.08 bits per heavy atom. The van der Waals surface area contributed by atoms with Gasteiger partial charge in [-0.25, -0.2) is 4.99 Å². The first-order valence-corrected chi connectivity index (χ1v) is 13.1. The Balaban J connectivity index is 1.55. The Morgan fingerprint density at radius 2 is 1.89 bits per heavy atom. The normalized spacial score (nSPS) is 15.2. The predicted molar refractivity (Wildman–Crippen MR) is 144 cm³/mol. The zero-order valence-electron chi connectivity index (χ0n) is 21.3. The van der Waals surface area contributed by atoms with E-state index in [1.54, 1.807) is 23.6 Å². The maximum Gasteiger partial charge on any atom is 0.161 e. The molecule has 1 aliphatic rings. The van der Waals surface area contributed by atoms with E-state index in [9.17, 15) is 10.5 Å². The zero-order valence-corrected chi connectivity index (χ0v) is 22.1. The Labute approximate surface area is 217 Å². The fraction of sp³-hybridized carbons (Fsp3) is 0.367. The Kier molecular flexibility index (Phi) is 7.77. The molecule has 1 heterocycles. The molecular weight excluding hydrogens is 466 g/mol. The second-order valence-electron chi connectivity index (χ2n) is 10.1. The van der Waals surface area contributed by atoms with Crippen LogP contribution in [0.4, 0.5) is 5.00 Å². The van der Waals surface area contributed by atoms with E-state index in [0.29, 0.717) is 29.6 Å². The topological polar surface area (TPSA) is 78.4 Å². The molecule has 2 aromatic carbocycles. The van der Waals surface area contributed by atoms with E-state index in [4.69, 9.17) is 14.5 Å². The standard InChI is InChI=1S/C30H31N3O2S/c1-5-34-27-14-20(10-13-26(27)35-19-22-9-7-6-8-21(22)16-31)18-33-29-25(17-32)24-12-11-23(30(2,3)4)15-28(24)36-29/h6-10,13-14,18,23H,5,11-12,15,19H2,1-4H3/t23-/m0/s1. The van der Waals surface area contributed by atoms with Crippen molar-refractivity contribution in [2.75, 3.05) is 6.61 Å². The van der Waals surface area contributed by atoms with Gasteiger partial charge >= 0.3 is 0 Å². The summed E-state index contributed by atoms with van der Waals surface area (Å²) >= 11 is 1.65. The summed E-state index contributed by atoms with van der Waals surface area (Å²) in [6, 6.07) is 17.7. The summed E-state index contributed by atoms with van der Waals surface area (Å²) in [5.74, 6) is 1.85. The van der Waals surface area contributed by atoms with Crippen LogP contribution in [0.3, 0.4) is 0 Å². The molecule has 1 aliphatic carbocycles. The second-order valence-corrected chi connectivity index (χ2v) is 11.1. The first-order valence-electron chi connectivity index (χ1n) is 12.3. The first-order chi connectivity index (χ1) is 17.3. The van der Waals surface area contributed by atoms with Crippen molar-refractivity contribution in [3.05, 3.63) is 75.2 Å². The SMILES string of the molecule is CCOc1cc(C=Nc2sc3c(c2C#N)CC[C@H](C(C)(C)C)C3)ccc1OCc1ccccc1C#N. The monoisotopic (exact) mass is 497 g/mol. The maximum atomic E-state index is 9.85. The van der Waals surface area contributed by atoms with Gasteiger partial charge in [-0.05, 0) is 72.9 Å². The van der Waals surface area contributed by atoms with E-state index in [2.05, 4.69) is 32.9 Å². The third-order valence-corrected chi connectivity index (χ3v) is 7.87. The third-order valence-electron chi connectivity index (χ3n) is 6.70. The van der Waals surface area contributed by atoms with Crippen molar-refractivity contribution in [1.82, 2.24) is 0 Å². The molecule has 1 aromatic heterocycles. The molecule has 4 rings (SSSR count). The Bertz CT molecular complexity index is 1350. The smallest absolute Gasteiger partial charge is 0.161 e. The highest BCUT2D eigenvalue weighted by atomic mass is 32.1. The fourth-order valence-electron chi connectivity index (χ4n) is 4.55. The Hall–Kier alpha value is -3.61. The minimum Gasteiger partial charge on any atom is -0.490 e. The van der Waals surface area contributed by atoms with Crippen LogP contribution < -0.4 is 9.47 Å². The van der Waals surface area contributed by atoms with E-state index in [1.165, 1.54) is 10.4 Å². The van der Waals surface area contributed by atoms with E-state index >= 15 is 0 Å². The van der Waals surface area contributed by atoms with Gasteiger partial charge in [0, 0.05) is 16.7 Å². The van der Waals surface area contributed by atoms with E-state index in [1.807, 2.05) is 43.3 Å². The maximum absolute atomic E-state index is 9.85. The highest BCUT2D eigenvalue weighted by Crippen LogP contribution is 2.45. The summed E-state index contributed by atoms with van der Waals surface area (Å²) in [5.41, 5.74) is 4.46. The summed E-state index contributed by atoms with van der Waals surface area (Å²) in [4.78, 5) is 6.03. The molecule has 36 heavy (non-hydrogen) atoms. The first kappa shape index (κ1) is 25.5. The van der Waals surface area contributed by atoms with Crippen LogP contribution in [0.25, 0.3) is 0 Å². The number of rotatable bonds is 7. The van der Waals surface area contributed by atoms with Crippen molar-refractivity contribution >= 4 is 22.6 Å². The fourth-order valence-corrected chi connectivity index (χ4v) is 5.77. The molecule has 0 unspecified atom stereocenters. The molecule has 0 amide bonds. The van der Waals surface area contributed by atoms with Gasteiger partial charge in [0.05, 0.1) is 23.8 Å². The van der Waals surface area contributed by atoms with Crippen LogP contribution in [0.2, 0.25) is 0 Å². The number of nitrogens with zero attached hydrogens (tertiary/aromatic N) is 3. The van der Waals surface area contributed by atoms with Crippen LogP contribution >= 0.6 is 11.3 Å². The van der Waals surface area contributed by atoms with Crippen LogP contribution in [0.1, 0.15) is 66.8 Å². The van der Waals surface area contributed by atoms with Crippen molar-refractivity contribution in [2.24, 2.45) is 16.3 Å². The molecule has 0 spiro atoms. The molecule has 0 radical (unpaired) electrons. The quantitative estimate of drug-likeness (QED) is 0.319. The molecule has 5 nitrogen and oxygen atoms in total. The third kappa shape index (κ3) is 5.61. The van der Waals surface area contributed by atoms with Gasteiger partial charge in [0.2, 0.25) is 0 Å². The number of nitriles is 2. The lowest BCUT2D eigenvalue weighted by Gasteiger charge is -2.33. The van der Waals surface area contributed by atoms with Gasteiger partial charge in [-0.1, -0.05) is 39.0 Å². The molecular formula is C30H31N3O2S. The van der Waals surface area contributed by atoms with Crippen LogP contribution in [0.15, 0.2) is 47.5 Å². The number of fused-ring (bicyclic) bond motifs is 1. The lowest BCUT2D eigenvalue weighted by atomic mass is 9.72. The molecule has 0 bridgehead atoms. The molecule has 6 heteroatoms. The zero-order chi connectivity index (χ0) is 25.7. The van der Waals surface area contributed by atoms with Gasteiger partial charge in [-0.2, -0.15) is 10.5 Å². The van der Waals surface area contributed by atoms with Crippen molar-refractivity contribution in [3.8, 4) is 23.6 Å². The minimum absolute atomic E-state index is 0.258. The molecule has 0 fully saturated rings. The molecule has 184 valence electrons. The van der Waals surface area contributed by atoms with Crippen LogP contribution in [0, 0.1) is 34.0 Å². The number of ether oxygens (including phenoxy) is 2. The van der Waals surface area contributed by atoms with E-state index < -0.39 is 0 Å². The molecule has 0 saturated carbocycles. The lowest BCUT2D eigenvalue weighted by Crippen LogP contribution is -2.26. The van der Waals surface area contributed by atoms with Crippen molar-refractivity contribution in [3.63, 3.8) is 0 Å². The number of benzene rings is 2. The summed E-state index contributed by atoms with van der Waals surface area (Å²) in [5, 5.41) is 20.0. The minimum atomic E-state index is 0.258. The second kappa shape index (κ2) is 11.0. The molecule has 0 aliphatic heterocycles. The van der Waals surface area contributed by atoms with Crippen molar-refractivity contribution < 1.29 is 9.47 Å². The molecule has 3 aromatic rings. The summed E-state index contributed by atoms with van der Waals surface area (Å²) < 4.78 is 11.8. The van der Waals surface area contributed by atoms with Crippen molar-refractivity contribution in [1.29, 1.82) is 10.5 Å². The number of thiophene rings is 1. The van der Waals surface area contributed by atoms with E-state index in [-0.39, 0.29) is 12.0 Å². The van der Waals surface area contributed by atoms with Crippen molar-refractivity contribution in [2.45, 2.75) is 53.6 Å². The van der Waals surface area contributed by atoms with Gasteiger partial charge in [0.15, 0.2) is 11.5 Å². The average molecular weight is 498 g/mol. The number of hydrogen-bond acceptors (Lipinski definition) is 6. The predicted octanol–water partition coefficient (Wildman–Crippen LogP) is 7.37. The number of hydrogen-bond donors (Lipinski definition) is 0. The van der Waals surface area contributed by atoms with Gasteiger partial charge in [-0.3, -0.25) is 0 Å². The summed E-state index contributed by atoms with van der Waals surface area (Å²) in [6.07, 6.45) is 4.87.